The molecule has 1 heterocycles. The van der Waals surface area contributed by atoms with Gasteiger partial charge in [-0.05, 0) is 6.42 Å². The zero-order valence-electron chi connectivity index (χ0n) is 15.8. The number of quaternary nitrogens is 1. The van der Waals surface area contributed by atoms with Crippen LogP contribution in [0.3, 0.4) is 0 Å². The summed E-state index contributed by atoms with van der Waals surface area (Å²) >= 11 is 0. The van der Waals surface area contributed by atoms with E-state index in [4.69, 9.17) is 5.11 Å². The summed E-state index contributed by atoms with van der Waals surface area (Å²) < 4.78 is 0.364. The van der Waals surface area contributed by atoms with E-state index in [0.29, 0.717) is 17.6 Å². The molecule has 134 valence electrons. The van der Waals surface area contributed by atoms with Crippen LogP contribution < -0.4 is 29.6 Å². The van der Waals surface area contributed by atoms with E-state index in [2.05, 4.69) is 11.9 Å². The molecule has 0 amide bonds. The van der Waals surface area contributed by atoms with Crippen molar-refractivity contribution in [3.05, 3.63) is 0 Å². The Bertz CT molecular complexity index is 377. The topological polar surface area (TPSA) is 69.9 Å². The van der Waals surface area contributed by atoms with Gasteiger partial charge in [0.15, 0.2) is 12.4 Å². The molecule has 1 rings (SSSR count). The quantitative estimate of drug-likeness (QED) is 0.267. The van der Waals surface area contributed by atoms with E-state index in [1.807, 2.05) is 0 Å². The predicted molar refractivity (Wildman–Crippen MR) is 93.7 cm³/mol. The largest absolute Gasteiger partial charge is 1.00 e. The van der Waals surface area contributed by atoms with Gasteiger partial charge in [0.2, 0.25) is 0 Å². The van der Waals surface area contributed by atoms with Gasteiger partial charge in [0.05, 0.1) is 13.2 Å². The van der Waals surface area contributed by atoms with Crippen LogP contribution in [-0.4, -0.2) is 59.3 Å². The Balaban J connectivity index is 0.00000529. The van der Waals surface area contributed by atoms with Gasteiger partial charge >= 0.3 is 35.5 Å². The van der Waals surface area contributed by atoms with Crippen LogP contribution in [0.1, 0.15) is 71.1 Å². The molecule has 0 spiro atoms. The second-order valence-corrected chi connectivity index (χ2v) is 6.74. The van der Waals surface area contributed by atoms with Crippen LogP contribution >= 0.6 is 0 Å². The Morgan fingerprint density at radius 2 is 1.67 bits per heavy atom. The number of hydrogen-bond donors (Lipinski definition) is 2. The Labute approximate surface area is 169 Å². The number of rotatable bonds is 14. The van der Waals surface area contributed by atoms with Crippen LogP contribution in [0, 0.1) is 0 Å². The molecule has 1 aliphatic rings. The number of carboxylic acid groups (broad SMARTS) is 1. The van der Waals surface area contributed by atoms with Crippen LogP contribution in [0.5, 0.6) is 0 Å². The Morgan fingerprint density at radius 1 is 1.08 bits per heavy atom. The van der Waals surface area contributed by atoms with Gasteiger partial charge in [-0.1, -0.05) is 58.3 Å². The number of aliphatic imine (C=N–C) groups is 1. The molecular formula is C18H35N2NaO3+2. The first-order valence-electron chi connectivity index (χ1n) is 9.37. The zero-order valence-corrected chi connectivity index (χ0v) is 17.8. The van der Waals surface area contributed by atoms with E-state index in [1.165, 1.54) is 51.4 Å². The maximum Gasteiger partial charge on any atom is 1.00 e. The molecular weight excluding hydrogens is 315 g/mol. The van der Waals surface area contributed by atoms with Gasteiger partial charge in [-0.15, -0.1) is 0 Å². The first kappa shape index (κ1) is 24.1. The summed E-state index contributed by atoms with van der Waals surface area (Å²) in [5.41, 5.74) is 0. The van der Waals surface area contributed by atoms with Crippen molar-refractivity contribution in [2.24, 2.45) is 4.99 Å². The normalized spacial score (nSPS) is 19.8. The second kappa shape index (κ2) is 14.3. The summed E-state index contributed by atoms with van der Waals surface area (Å²) in [5, 5.41) is 18.5. The molecule has 1 atom stereocenters. The van der Waals surface area contributed by atoms with Crippen LogP contribution in [0.25, 0.3) is 0 Å². The fraction of sp³-hybridized carbons (Fsp3) is 0.889. The number of amidine groups is 1. The molecule has 0 saturated carbocycles. The molecule has 0 fully saturated rings. The Hall–Kier alpha value is 0.0600. The molecule has 1 unspecified atom stereocenters. The van der Waals surface area contributed by atoms with E-state index < -0.39 is 5.97 Å². The average molecular weight is 350 g/mol. The van der Waals surface area contributed by atoms with Crippen molar-refractivity contribution in [3.63, 3.8) is 0 Å². The van der Waals surface area contributed by atoms with Crippen molar-refractivity contribution in [1.29, 1.82) is 0 Å². The van der Waals surface area contributed by atoms with Gasteiger partial charge in [-0.25, -0.2) is 9.79 Å². The SMILES string of the molecule is CCCCCCCCCCCC1=NCC[N+]1(CCO)CC(=O)O.[Na+]. The van der Waals surface area contributed by atoms with E-state index in [-0.39, 0.29) is 42.7 Å². The molecule has 2 N–H and O–H groups in total. The minimum atomic E-state index is -0.805. The van der Waals surface area contributed by atoms with Gasteiger partial charge in [0, 0.05) is 6.42 Å². The smallest absolute Gasteiger partial charge is 0.477 e. The summed E-state index contributed by atoms with van der Waals surface area (Å²) in [6.45, 7) is 4.20. The van der Waals surface area contributed by atoms with Crippen molar-refractivity contribution < 1.29 is 49.0 Å². The molecule has 24 heavy (non-hydrogen) atoms. The second-order valence-electron chi connectivity index (χ2n) is 6.74. The molecule has 5 nitrogen and oxygen atoms in total. The molecule has 1 aliphatic heterocycles. The Kier molecular flexibility index (Phi) is 14.3. The van der Waals surface area contributed by atoms with Gasteiger partial charge in [0.25, 0.3) is 0 Å². The summed E-state index contributed by atoms with van der Waals surface area (Å²) in [6.07, 6.45) is 12.4. The number of aliphatic hydroxyl groups excluding tert-OH is 1. The molecule has 0 bridgehead atoms. The van der Waals surface area contributed by atoms with Crippen LogP contribution in [0.4, 0.5) is 0 Å². The maximum atomic E-state index is 11.2. The molecule has 0 aromatic heterocycles. The number of aliphatic hydroxyl groups is 1. The first-order chi connectivity index (χ1) is 11.1. The average Bonchev–Trinajstić information content (AvgIpc) is 2.87. The number of hydrogen-bond acceptors (Lipinski definition) is 3. The number of unbranched alkanes of at least 4 members (excludes halogenated alkanes) is 8. The third-order valence-corrected chi connectivity index (χ3v) is 4.84. The third-order valence-electron chi connectivity index (χ3n) is 4.84. The summed E-state index contributed by atoms with van der Waals surface area (Å²) in [6, 6.07) is 0. The van der Waals surface area contributed by atoms with Gasteiger partial charge < -0.3 is 10.2 Å². The monoisotopic (exact) mass is 350 g/mol. The van der Waals surface area contributed by atoms with Crippen molar-refractivity contribution in [1.82, 2.24) is 0 Å². The Morgan fingerprint density at radius 3 is 2.21 bits per heavy atom. The van der Waals surface area contributed by atoms with Crippen LogP contribution in [-0.2, 0) is 4.79 Å². The maximum absolute atomic E-state index is 11.2. The van der Waals surface area contributed by atoms with Crippen molar-refractivity contribution in [2.45, 2.75) is 71.1 Å². The van der Waals surface area contributed by atoms with Crippen LogP contribution in [0.15, 0.2) is 4.99 Å². The molecule has 0 aliphatic carbocycles. The van der Waals surface area contributed by atoms with Crippen molar-refractivity contribution >= 4 is 11.8 Å². The molecule has 0 aromatic rings. The summed E-state index contributed by atoms with van der Waals surface area (Å²) in [5.74, 6) is 0.185. The van der Waals surface area contributed by atoms with Gasteiger partial charge in [0.1, 0.15) is 13.1 Å². The summed E-state index contributed by atoms with van der Waals surface area (Å²) in [4.78, 5) is 15.7. The van der Waals surface area contributed by atoms with Gasteiger partial charge in [-0.3, -0.25) is 4.48 Å². The molecule has 6 heteroatoms. The fourth-order valence-electron chi connectivity index (χ4n) is 3.50. The van der Waals surface area contributed by atoms with Crippen molar-refractivity contribution in [2.75, 3.05) is 32.8 Å². The molecule has 0 saturated heterocycles. The van der Waals surface area contributed by atoms with Gasteiger partial charge in [-0.2, -0.15) is 0 Å². The first-order valence-corrected chi connectivity index (χ1v) is 9.37. The van der Waals surface area contributed by atoms with E-state index in [9.17, 15) is 9.90 Å². The van der Waals surface area contributed by atoms with Crippen LogP contribution in [0.2, 0.25) is 0 Å². The predicted octanol–water partition coefficient (Wildman–Crippen LogP) is 0.217. The number of carbonyl (C=O) groups is 1. The van der Waals surface area contributed by atoms with Crippen molar-refractivity contribution in [3.8, 4) is 0 Å². The summed E-state index contributed by atoms with van der Waals surface area (Å²) in [7, 11) is 0. The minimum Gasteiger partial charge on any atom is -0.477 e. The van der Waals surface area contributed by atoms with E-state index in [1.54, 1.807) is 0 Å². The standard InChI is InChI=1S/C18H34N2O3.Na/c1-2-3-4-5-6-7-8-9-10-11-17-19-12-13-20(17,14-15-21)16-18(22)23;/h21H,2-16H2,1H3;/q;+1/p+1. The molecule has 0 aromatic carbocycles. The van der Waals surface area contributed by atoms with E-state index in [0.717, 1.165) is 25.2 Å². The fourth-order valence-corrected chi connectivity index (χ4v) is 3.50. The zero-order chi connectivity index (χ0) is 17.0. The molecule has 0 radical (unpaired) electrons. The number of nitrogens with zero attached hydrogens (tertiary/aromatic N) is 2. The number of carboxylic acids is 1. The number of aliphatic carboxylic acids is 1. The minimum absolute atomic E-state index is 0. The third kappa shape index (κ3) is 8.95. The van der Waals surface area contributed by atoms with E-state index >= 15 is 0 Å².